The molecule has 1 heterocycles. The van der Waals surface area contributed by atoms with Crippen molar-refractivity contribution >= 4 is 11.6 Å². The molecule has 2 unspecified atom stereocenters. The van der Waals surface area contributed by atoms with Gasteiger partial charge in [-0.3, -0.25) is 4.79 Å². The van der Waals surface area contributed by atoms with E-state index in [1.807, 2.05) is 24.3 Å². The Morgan fingerprint density at radius 3 is 2.54 bits per heavy atom. The zero-order valence-corrected chi connectivity index (χ0v) is 12.8. The minimum atomic E-state index is -0.257. The molecule has 0 saturated heterocycles. The average Bonchev–Trinajstić information content (AvgIpc) is 3.21. The normalized spacial score (nSPS) is 19.0. The van der Waals surface area contributed by atoms with E-state index in [1.54, 1.807) is 18.3 Å². The van der Waals surface area contributed by atoms with Crippen LogP contribution in [0.5, 0.6) is 0 Å². The molecule has 1 aliphatic carbocycles. The van der Waals surface area contributed by atoms with Gasteiger partial charge in [0.15, 0.2) is 12.2 Å². The molecule has 4 rings (SSSR count). The Kier molecular flexibility index (Phi) is 3.61. The number of nitrogens with one attached hydrogen (secondary N) is 1. The molecule has 3 aromatic rings. The molecule has 5 heteroatoms. The molecule has 0 bridgehead atoms. The Morgan fingerprint density at radius 1 is 1.12 bits per heavy atom. The van der Waals surface area contributed by atoms with Crippen LogP contribution in [0.2, 0.25) is 0 Å². The Hall–Kier alpha value is -2.95. The number of carbonyl (C=O) groups is 1. The third kappa shape index (κ3) is 2.93. The molecule has 1 aliphatic rings. The van der Waals surface area contributed by atoms with Crippen molar-refractivity contribution in [3.8, 4) is 11.3 Å². The van der Waals surface area contributed by atoms with E-state index in [-0.39, 0.29) is 23.6 Å². The third-order valence-electron chi connectivity index (χ3n) is 4.29. The lowest BCUT2D eigenvalue weighted by molar-refractivity contribution is -0.117. The molecule has 1 aromatic heterocycles. The first-order valence-corrected chi connectivity index (χ1v) is 7.76. The summed E-state index contributed by atoms with van der Waals surface area (Å²) in [7, 11) is 0. The number of hydrogen-bond acceptors (Lipinski definition) is 3. The van der Waals surface area contributed by atoms with Crippen molar-refractivity contribution in [3.05, 3.63) is 72.5 Å². The molecule has 1 amide bonds. The van der Waals surface area contributed by atoms with Crippen molar-refractivity contribution in [2.45, 2.75) is 12.3 Å². The number of aromatic nitrogens is 1. The Bertz CT molecular complexity index is 842. The summed E-state index contributed by atoms with van der Waals surface area (Å²) in [6.07, 6.45) is 3.83. The zero-order valence-electron chi connectivity index (χ0n) is 12.8. The second kappa shape index (κ2) is 5.92. The van der Waals surface area contributed by atoms with E-state index in [1.165, 1.54) is 18.5 Å². The van der Waals surface area contributed by atoms with Gasteiger partial charge in [0.1, 0.15) is 5.82 Å². The highest BCUT2D eigenvalue weighted by Crippen LogP contribution is 2.48. The lowest BCUT2D eigenvalue weighted by Crippen LogP contribution is -2.14. The first-order chi connectivity index (χ1) is 11.7. The van der Waals surface area contributed by atoms with Crippen LogP contribution < -0.4 is 5.32 Å². The number of anilines is 1. The van der Waals surface area contributed by atoms with E-state index >= 15 is 0 Å². The van der Waals surface area contributed by atoms with Crippen molar-refractivity contribution in [1.82, 2.24) is 4.98 Å². The molecule has 120 valence electrons. The van der Waals surface area contributed by atoms with Crippen molar-refractivity contribution in [2.24, 2.45) is 5.92 Å². The van der Waals surface area contributed by atoms with Gasteiger partial charge in [-0.2, -0.15) is 0 Å². The minimum absolute atomic E-state index is 0.00302. The lowest BCUT2D eigenvalue weighted by Gasteiger charge is -2.06. The van der Waals surface area contributed by atoms with Gasteiger partial charge in [0, 0.05) is 17.2 Å². The van der Waals surface area contributed by atoms with Gasteiger partial charge in [-0.15, -0.1) is 0 Å². The number of nitrogens with zero attached hydrogens (tertiary/aromatic N) is 1. The Labute approximate surface area is 138 Å². The summed E-state index contributed by atoms with van der Waals surface area (Å²) in [5, 5.41) is 2.93. The maximum absolute atomic E-state index is 13.0. The highest BCUT2D eigenvalue weighted by atomic mass is 19.1. The van der Waals surface area contributed by atoms with Crippen LogP contribution in [-0.4, -0.2) is 10.9 Å². The van der Waals surface area contributed by atoms with E-state index in [2.05, 4.69) is 10.3 Å². The third-order valence-corrected chi connectivity index (χ3v) is 4.29. The predicted octanol–water partition coefficient (Wildman–Crippen LogP) is 4.22. The quantitative estimate of drug-likeness (QED) is 0.782. The molecule has 24 heavy (non-hydrogen) atoms. The molecular weight excluding hydrogens is 307 g/mol. The highest BCUT2D eigenvalue weighted by molar-refractivity contribution is 5.95. The summed E-state index contributed by atoms with van der Waals surface area (Å²) in [5.74, 6) is 0.555. The lowest BCUT2D eigenvalue weighted by atomic mass is 10.1. The van der Waals surface area contributed by atoms with Crippen LogP contribution in [0.4, 0.5) is 10.1 Å². The Morgan fingerprint density at radius 2 is 1.88 bits per heavy atom. The minimum Gasteiger partial charge on any atom is -0.444 e. The van der Waals surface area contributed by atoms with Crippen molar-refractivity contribution in [3.63, 3.8) is 0 Å². The van der Waals surface area contributed by atoms with Crippen LogP contribution in [0.3, 0.4) is 0 Å². The van der Waals surface area contributed by atoms with Gasteiger partial charge in [0.05, 0.1) is 6.20 Å². The van der Waals surface area contributed by atoms with E-state index in [0.717, 1.165) is 23.2 Å². The smallest absolute Gasteiger partial charge is 0.228 e. The molecule has 1 N–H and O–H groups in total. The summed E-state index contributed by atoms with van der Waals surface area (Å²) in [6.45, 7) is 0. The molecule has 2 aromatic carbocycles. The van der Waals surface area contributed by atoms with Gasteiger partial charge in [-0.1, -0.05) is 12.1 Å². The van der Waals surface area contributed by atoms with Gasteiger partial charge in [0.25, 0.3) is 0 Å². The molecular formula is C19H15FN2O2. The number of hydrogen-bond donors (Lipinski definition) is 1. The van der Waals surface area contributed by atoms with E-state index in [4.69, 9.17) is 4.42 Å². The molecule has 4 nitrogen and oxygen atoms in total. The van der Waals surface area contributed by atoms with Gasteiger partial charge < -0.3 is 9.73 Å². The van der Waals surface area contributed by atoms with Crippen molar-refractivity contribution < 1.29 is 13.6 Å². The number of benzene rings is 2. The summed E-state index contributed by atoms with van der Waals surface area (Å²) in [6, 6.07) is 13.8. The zero-order chi connectivity index (χ0) is 16.5. The van der Waals surface area contributed by atoms with E-state index < -0.39 is 0 Å². The summed E-state index contributed by atoms with van der Waals surface area (Å²) in [4.78, 5) is 16.2. The number of rotatable bonds is 4. The fourth-order valence-corrected chi connectivity index (χ4v) is 2.87. The standard InChI is InChI=1S/C19H15FN2O2/c20-14-5-1-12(2-6-14)16-9-17(16)19(23)22-15-7-3-13(4-8-15)18-10-21-11-24-18/h1-8,10-11,16-17H,9H2,(H,22,23). The molecule has 0 aliphatic heterocycles. The number of halogens is 1. The first-order valence-electron chi connectivity index (χ1n) is 7.76. The fourth-order valence-electron chi connectivity index (χ4n) is 2.87. The van der Waals surface area contributed by atoms with Crippen LogP contribution in [0.25, 0.3) is 11.3 Å². The van der Waals surface area contributed by atoms with E-state index in [0.29, 0.717) is 5.76 Å². The van der Waals surface area contributed by atoms with Gasteiger partial charge >= 0.3 is 0 Å². The molecule has 2 atom stereocenters. The topological polar surface area (TPSA) is 55.1 Å². The predicted molar refractivity (Wildman–Crippen MR) is 87.8 cm³/mol. The molecule has 1 saturated carbocycles. The number of amides is 1. The molecule has 0 radical (unpaired) electrons. The highest BCUT2D eigenvalue weighted by Gasteiger charge is 2.43. The SMILES string of the molecule is O=C(Nc1ccc(-c2cnco2)cc1)C1CC1c1ccc(F)cc1. The Balaban J connectivity index is 1.39. The second-order valence-corrected chi connectivity index (χ2v) is 5.93. The van der Waals surface area contributed by atoms with Gasteiger partial charge in [0.2, 0.25) is 5.91 Å². The molecule has 1 fully saturated rings. The van der Waals surface area contributed by atoms with Crippen LogP contribution in [0, 0.1) is 11.7 Å². The first kappa shape index (κ1) is 14.6. The van der Waals surface area contributed by atoms with Gasteiger partial charge in [-0.05, 0) is 54.3 Å². The summed E-state index contributed by atoms with van der Waals surface area (Å²) >= 11 is 0. The monoisotopic (exact) mass is 322 g/mol. The van der Waals surface area contributed by atoms with Crippen molar-refractivity contribution in [1.29, 1.82) is 0 Å². The second-order valence-electron chi connectivity index (χ2n) is 5.93. The number of oxazole rings is 1. The van der Waals surface area contributed by atoms with Crippen LogP contribution in [-0.2, 0) is 4.79 Å². The van der Waals surface area contributed by atoms with E-state index in [9.17, 15) is 9.18 Å². The maximum Gasteiger partial charge on any atom is 0.228 e. The molecule has 0 spiro atoms. The summed E-state index contributed by atoms with van der Waals surface area (Å²) in [5.41, 5.74) is 2.66. The fraction of sp³-hybridized carbons (Fsp3) is 0.158. The van der Waals surface area contributed by atoms with Crippen LogP contribution >= 0.6 is 0 Å². The average molecular weight is 322 g/mol. The van der Waals surface area contributed by atoms with Crippen molar-refractivity contribution in [2.75, 3.05) is 5.32 Å². The number of carbonyl (C=O) groups excluding carboxylic acids is 1. The van der Waals surface area contributed by atoms with Crippen LogP contribution in [0.1, 0.15) is 17.9 Å². The largest absolute Gasteiger partial charge is 0.444 e. The van der Waals surface area contributed by atoms with Gasteiger partial charge in [-0.25, -0.2) is 9.37 Å². The summed E-state index contributed by atoms with van der Waals surface area (Å²) < 4.78 is 18.2. The maximum atomic E-state index is 13.0. The van der Waals surface area contributed by atoms with Crippen LogP contribution in [0.15, 0.2) is 65.5 Å².